The molecule has 0 aliphatic heterocycles. The summed E-state index contributed by atoms with van der Waals surface area (Å²) in [4.78, 5) is 23.2. The van der Waals surface area contributed by atoms with Gasteiger partial charge in [0, 0.05) is 12.8 Å². The fraction of sp³-hybridized carbons (Fsp3) is 0.953. The Morgan fingerprint density at radius 2 is 0.702 bits per heavy atom. The first-order valence-corrected chi connectivity index (χ1v) is 21.2. The van der Waals surface area contributed by atoms with Gasteiger partial charge in [-0.25, -0.2) is 0 Å². The molecule has 0 aromatic heterocycles. The summed E-state index contributed by atoms with van der Waals surface area (Å²) < 4.78 is 10.6. The zero-order valence-electron chi connectivity index (χ0n) is 33.3. The van der Waals surface area contributed by atoms with Crippen LogP contribution in [0.2, 0.25) is 0 Å². The van der Waals surface area contributed by atoms with E-state index in [-0.39, 0.29) is 24.1 Å². The third-order valence-electron chi connectivity index (χ3n) is 9.43. The Balaban J connectivity index is 0. The van der Waals surface area contributed by atoms with Gasteiger partial charge in [-0.15, -0.1) is 0 Å². The number of ether oxygens (including phenoxy) is 2. The molecule has 0 aliphatic carbocycles. The zero-order valence-corrected chi connectivity index (χ0v) is 33.3. The summed E-state index contributed by atoms with van der Waals surface area (Å²) in [6.07, 6.45) is 39.4. The SMILES string of the molecule is CCCCCCCCCCCCCCCC(=O)OC(C)C.CCCCCCCCCCCCCCCC(=O)OC(C)CCC(C)CC. The second-order valence-electron chi connectivity index (χ2n) is 14.9. The second-order valence-corrected chi connectivity index (χ2v) is 14.9. The molecule has 0 heterocycles. The van der Waals surface area contributed by atoms with Crippen molar-refractivity contribution < 1.29 is 19.1 Å². The minimum absolute atomic E-state index is 0.00437. The highest BCUT2D eigenvalue weighted by atomic mass is 16.5. The molecule has 0 spiro atoms. The summed E-state index contributed by atoms with van der Waals surface area (Å²) in [6.45, 7) is 14.9. The number of hydrogen-bond donors (Lipinski definition) is 0. The molecule has 4 nitrogen and oxygen atoms in total. The molecule has 0 rings (SSSR count). The van der Waals surface area contributed by atoms with Crippen LogP contribution in [0.5, 0.6) is 0 Å². The Kier molecular flexibility index (Phi) is 40.3. The summed E-state index contributed by atoms with van der Waals surface area (Å²) in [6, 6.07) is 0. The maximum atomic E-state index is 11.8. The highest BCUT2D eigenvalue weighted by Crippen LogP contribution is 2.16. The van der Waals surface area contributed by atoms with Crippen LogP contribution in [0.1, 0.15) is 248 Å². The highest BCUT2D eigenvalue weighted by molar-refractivity contribution is 5.69. The molecule has 0 radical (unpaired) electrons. The molecule has 0 aromatic rings. The normalized spacial score (nSPS) is 12.4. The van der Waals surface area contributed by atoms with Gasteiger partial charge in [0.2, 0.25) is 0 Å². The molecule has 0 N–H and O–H groups in total. The fourth-order valence-electron chi connectivity index (χ4n) is 5.96. The van der Waals surface area contributed by atoms with Crippen molar-refractivity contribution in [1.29, 1.82) is 0 Å². The van der Waals surface area contributed by atoms with Gasteiger partial charge in [-0.3, -0.25) is 9.59 Å². The van der Waals surface area contributed by atoms with Gasteiger partial charge in [-0.1, -0.05) is 188 Å². The molecule has 0 fully saturated rings. The van der Waals surface area contributed by atoms with Gasteiger partial charge in [0.15, 0.2) is 0 Å². The average molecular weight is 667 g/mol. The first-order chi connectivity index (χ1) is 22.8. The summed E-state index contributed by atoms with van der Waals surface area (Å²) in [5.74, 6) is 0.704. The van der Waals surface area contributed by atoms with Crippen molar-refractivity contribution >= 4 is 11.9 Å². The first-order valence-electron chi connectivity index (χ1n) is 21.2. The van der Waals surface area contributed by atoms with Crippen molar-refractivity contribution in [2.45, 2.75) is 260 Å². The van der Waals surface area contributed by atoms with Gasteiger partial charge < -0.3 is 9.47 Å². The van der Waals surface area contributed by atoms with Crippen molar-refractivity contribution in [2.75, 3.05) is 0 Å². The zero-order chi connectivity index (χ0) is 35.2. The largest absolute Gasteiger partial charge is 0.463 e. The number of carbonyl (C=O) groups excluding carboxylic acids is 2. The molecular weight excluding hydrogens is 580 g/mol. The van der Waals surface area contributed by atoms with Gasteiger partial charge in [0.1, 0.15) is 0 Å². The van der Waals surface area contributed by atoms with E-state index >= 15 is 0 Å². The summed E-state index contributed by atoms with van der Waals surface area (Å²) in [5.41, 5.74) is 0. The van der Waals surface area contributed by atoms with Crippen LogP contribution in [-0.4, -0.2) is 24.1 Å². The van der Waals surface area contributed by atoms with E-state index < -0.39 is 0 Å². The quantitative estimate of drug-likeness (QED) is 0.0506. The van der Waals surface area contributed by atoms with Crippen molar-refractivity contribution in [1.82, 2.24) is 0 Å². The Bertz CT molecular complexity index is 631. The maximum Gasteiger partial charge on any atom is 0.306 e. The Morgan fingerprint density at radius 1 is 0.404 bits per heavy atom. The van der Waals surface area contributed by atoms with Crippen molar-refractivity contribution in [3.63, 3.8) is 0 Å². The molecule has 2 atom stereocenters. The van der Waals surface area contributed by atoms with Crippen LogP contribution in [0.25, 0.3) is 0 Å². The van der Waals surface area contributed by atoms with E-state index in [1.807, 2.05) is 20.8 Å². The van der Waals surface area contributed by atoms with Gasteiger partial charge in [0.05, 0.1) is 12.2 Å². The number of hydrogen-bond acceptors (Lipinski definition) is 4. The number of unbranched alkanes of at least 4 members (excludes halogenated alkanes) is 24. The monoisotopic (exact) mass is 667 g/mol. The van der Waals surface area contributed by atoms with Crippen LogP contribution in [0.3, 0.4) is 0 Å². The molecular formula is C43H86O4. The van der Waals surface area contributed by atoms with Crippen LogP contribution >= 0.6 is 0 Å². The summed E-state index contributed by atoms with van der Waals surface area (Å²) in [7, 11) is 0. The lowest BCUT2D eigenvalue weighted by Crippen LogP contribution is -2.15. The van der Waals surface area contributed by atoms with Gasteiger partial charge in [-0.2, -0.15) is 0 Å². The Labute approximate surface area is 296 Å². The molecule has 0 aliphatic rings. The van der Waals surface area contributed by atoms with Crippen molar-refractivity contribution in [3.05, 3.63) is 0 Å². The van der Waals surface area contributed by atoms with E-state index in [2.05, 4.69) is 27.7 Å². The molecule has 4 heteroatoms. The topological polar surface area (TPSA) is 52.6 Å². The predicted molar refractivity (Wildman–Crippen MR) is 206 cm³/mol. The number of rotatable bonds is 34. The molecule has 47 heavy (non-hydrogen) atoms. The summed E-state index contributed by atoms with van der Waals surface area (Å²) >= 11 is 0. The third kappa shape index (κ3) is 42.9. The smallest absolute Gasteiger partial charge is 0.306 e. The molecule has 2 unspecified atom stereocenters. The van der Waals surface area contributed by atoms with Crippen LogP contribution in [0.4, 0.5) is 0 Å². The average Bonchev–Trinajstić information content (AvgIpc) is 3.04. The predicted octanol–water partition coefficient (Wildman–Crippen LogP) is 14.6. The number of esters is 2. The summed E-state index contributed by atoms with van der Waals surface area (Å²) in [5, 5.41) is 0. The van der Waals surface area contributed by atoms with E-state index in [0.717, 1.165) is 31.6 Å². The molecule has 0 saturated heterocycles. The van der Waals surface area contributed by atoms with E-state index in [4.69, 9.17) is 9.47 Å². The second kappa shape index (κ2) is 39.4. The maximum absolute atomic E-state index is 11.8. The Hall–Kier alpha value is -1.06. The van der Waals surface area contributed by atoms with Gasteiger partial charge >= 0.3 is 11.9 Å². The molecule has 282 valence electrons. The van der Waals surface area contributed by atoms with Crippen LogP contribution in [0, 0.1) is 5.92 Å². The van der Waals surface area contributed by atoms with Crippen LogP contribution in [-0.2, 0) is 19.1 Å². The van der Waals surface area contributed by atoms with Gasteiger partial charge in [-0.05, 0) is 52.4 Å². The molecule has 0 amide bonds. The first kappa shape index (κ1) is 48.1. The molecule has 0 aromatic carbocycles. The van der Waals surface area contributed by atoms with E-state index in [9.17, 15) is 9.59 Å². The lowest BCUT2D eigenvalue weighted by atomic mass is 10.0. The van der Waals surface area contributed by atoms with E-state index in [0.29, 0.717) is 12.8 Å². The van der Waals surface area contributed by atoms with Crippen molar-refractivity contribution in [3.8, 4) is 0 Å². The lowest BCUT2D eigenvalue weighted by Gasteiger charge is -2.15. The minimum Gasteiger partial charge on any atom is -0.463 e. The highest BCUT2D eigenvalue weighted by Gasteiger charge is 2.11. The van der Waals surface area contributed by atoms with Gasteiger partial charge in [0.25, 0.3) is 0 Å². The van der Waals surface area contributed by atoms with Crippen LogP contribution in [0.15, 0.2) is 0 Å². The molecule has 0 bridgehead atoms. The standard InChI is InChI=1S/C24H48O2.C19H38O2/c1-5-7-8-9-10-11-12-13-14-15-16-17-18-19-24(25)26-23(4)21-20-22(3)6-2;1-4-5-6-7-8-9-10-11-12-13-14-15-16-17-19(20)21-18(2)3/h22-23H,5-21H2,1-4H3;18H,4-17H2,1-3H3. The van der Waals surface area contributed by atoms with Crippen molar-refractivity contribution in [2.24, 2.45) is 5.92 Å². The Morgan fingerprint density at radius 3 is 1.00 bits per heavy atom. The van der Waals surface area contributed by atoms with E-state index in [1.54, 1.807) is 0 Å². The lowest BCUT2D eigenvalue weighted by molar-refractivity contribution is -0.149. The molecule has 0 saturated carbocycles. The third-order valence-corrected chi connectivity index (χ3v) is 9.43. The van der Waals surface area contributed by atoms with Crippen LogP contribution < -0.4 is 0 Å². The fourth-order valence-corrected chi connectivity index (χ4v) is 5.96. The van der Waals surface area contributed by atoms with E-state index in [1.165, 1.54) is 161 Å². The number of carbonyl (C=O) groups is 2. The minimum atomic E-state index is -0.0342.